The Morgan fingerprint density at radius 3 is 2.41 bits per heavy atom. The van der Waals surface area contributed by atoms with Gasteiger partial charge in [0.2, 0.25) is 0 Å². The number of nitrogens with zero attached hydrogens (tertiary/aromatic N) is 5. The Kier molecular flexibility index (Phi) is 5.28. The Balaban J connectivity index is 1.55. The van der Waals surface area contributed by atoms with E-state index in [0.29, 0.717) is 23.9 Å². The maximum Gasteiger partial charge on any atom is 0.163 e. The minimum absolute atomic E-state index is 0.432. The number of nitrogens with two attached hydrogens (primary N) is 1. The lowest BCUT2D eigenvalue weighted by atomic mass is 10.2. The van der Waals surface area contributed by atoms with Crippen LogP contribution < -0.4 is 16.0 Å². The molecule has 5 aromatic rings. The predicted molar refractivity (Wildman–Crippen MR) is 128 cm³/mol. The maximum absolute atomic E-state index is 6.59. The molecule has 32 heavy (non-hydrogen) atoms. The third-order valence-corrected chi connectivity index (χ3v) is 5.11. The van der Waals surface area contributed by atoms with Gasteiger partial charge in [0.25, 0.3) is 0 Å². The zero-order valence-corrected chi connectivity index (χ0v) is 17.3. The van der Waals surface area contributed by atoms with Gasteiger partial charge in [-0.3, -0.25) is 4.98 Å². The molecule has 7 nitrogen and oxygen atoms in total. The van der Waals surface area contributed by atoms with E-state index in [2.05, 4.69) is 37.4 Å². The molecule has 0 saturated heterocycles. The lowest BCUT2D eigenvalue weighted by Crippen LogP contribution is -2.21. The molecule has 7 heteroatoms. The summed E-state index contributed by atoms with van der Waals surface area (Å²) < 4.78 is 0. The summed E-state index contributed by atoms with van der Waals surface area (Å²) in [5.41, 5.74) is 9.81. The summed E-state index contributed by atoms with van der Waals surface area (Å²) in [7, 11) is 0. The number of hydrogen-bond acceptors (Lipinski definition) is 7. The van der Waals surface area contributed by atoms with Crippen molar-refractivity contribution in [1.29, 1.82) is 0 Å². The molecule has 0 aliphatic rings. The average molecular weight is 419 g/mol. The molecule has 5 rings (SSSR count). The molecule has 0 fully saturated rings. The molecule has 156 valence electrons. The van der Waals surface area contributed by atoms with Gasteiger partial charge in [-0.25, -0.2) is 15.0 Å². The highest BCUT2D eigenvalue weighted by atomic mass is 15.3. The summed E-state index contributed by atoms with van der Waals surface area (Å²) in [6.45, 7) is 0.564. The fraction of sp³-hybridized carbons (Fsp3) is 0.0400. The first-order chi connectivity index (χ1) is 15.8. The van der Waals surface area contributed by atoms with Crippen LogP contribution in [0, 0.1) is 0 Å². The zero-order chi connectivity index (χ0) is 21.8. The van der Waals surface area contributed by atoms with Gasteiger partial charge in [0.05, 0.1) is 17.7 Å². The molecule has 3 N–H and O–H groups in total. The van der Waals surface area contributed by atoms with Crippen molar-refractivity contribution in [2.24, 2.45) is 0 Å². The number of fused-ring (bicyclic) bond motifs is 1. The largest absolute Gasteiger partial charge is 0.393 e. The first-order valence-corrected chi connectivity index (χ1v) is 10.2. The number of anilines is 5. The number of hydrogen-bond donors (Lipinski definition) is 2. The van der Waals surface area contributed by atoms with E-state index < -0.39 is 0 Å². The van der Waals surface area contributed by atoms with Crippen molar-refractivity contribution in [2.45, 2.75) is 6.54 Å². The van der Waals surface area contributed by atoms with Gasteiger partial charge in [0.15, 0.2) is 11.6 Å². The summed E-state index contributed by atoms with van der Waals surface area (Å²) in [4.78, 5) is 19.9. The Morgan fingerprint density at radius 2 is 1.56 bits per heavy atom. The molecule has 0 aliphatic heterocycles. The van der Waals surface area contributed by atoms with Crippen LogP contribution in [0.3, 0.4) is 0 Å². The number of para-hydroxylation sites is 1. The van der Waals surface area contributed by atoms with E-state index in [1.54, 1.807) is 12.4 Å². The quantitative estimate of drug-likeness (QED) is 0.396. The van der Waals surface area contributed by atoms with Crippen LogP contribution in [0.5, 0.6) is 0 Å². The van der Waals surface area contributed by atoms with Gasteiger partial charge < -0.3 is 16.0 Å². The molecule has 0 unspecified atom stereocenters. The molecule has 0 bridgehead atoms. The van der Waals surface area contributed by atoms with Gasteiger partial charge in [-0.05, 0) is 29.8 Å². The molecule has 0 radical (unpaired) electrons. The number of nitrogens with one attached hydrogen (secondary N) is 1. The fourth-order valence-corrected chi connectivity index (χ4v) is 3.58. The molecule has 0 aliphatic carbocycles. The van der Waals surface area contributed by atoms with Crippen LogP contribution >= 0.6 is 0 Å². The molecule has 0 spiro atoms. The van der Waals surface area contributed by atoms with Crippen molar-refractivity contribution < 1.29 is 0 Å². The monoisotopic (exact) mass is 419 g/mol. The normalized spacial score (nSPS) is 10.8. The smallest absolute Gasteiger partial charge is 0.163 e. The minimum atomic E-state index is 0.432. The summed E-state index contributed by atoms with van der Waals surface area (Å²) in [6.07, 6.45) is 5.03. The second-order valence-corrected chi connectivity index (χ2v) is 7.22. The topological polar surface area (TPSA) is 92.8 Å². The zero-order valence-electron chi connectivity index (χ0n) is 17.3. The van der Waals surface area contributed by atoms with Crippen LogP contribution in [0.2, 0.25) is 0 Å². The number of nitrogen functional groups attached to an aromatic ring is 1. The van der Waals surface area contributed by atoms with Crippen molar-refractivity contribution in [1.82, 2.24) is 19.9 Å². The highest BCUT2D eigenvalue weighted by Crippen LogP contribution is 2.34. The second kappa shape index (κ2) is 8.69. The van der Waals surface area contributed by atoms with Gasteiger partial charge in [-0.1, -0.05) is 54.6 Å². The third kappa shape index (κ3) is 3.91. The van der Waals surface area contributed by atoms with E-state index in [4.69, 9.17) is 5.73 Å². The molecule has 2 aromatic carbocycles. The van der Waals surface area contributed by atoms with Crippen LogP contribution in [0.25, 0.3) is 10.9 Å². The van der Waals surface area contributed by atoms with E-state index >= 15 is 0 Å². The van der Waals surface area contributed by atoms with E-state index in [0.717, 1.165) is 28.0 Å². The molecule has 0 amide bonds. The van der Waals surface area contributed by atoms with E-state index in [-0.39, 0.29) is 0 Å². The second-order valence-electron chi connectivity index (χ2n) is 7.22. The lowest BCUT2D eigenvalue weighted by Gasteiger charge is -2.25. The fourth-order valence-electron chi connectivity index (χ4n) is 3.58. The van der Waals surface area contributed by atoms with Gasteiger partial charge in [0, 0.05) is 17.8 Å². The first kappa shape index (κ1) is 19.4. The Hall–Kier alpha value is -4.52. The predicted octanol–water partition coefficient (Wildman–Crippen LogP) is 5.08. The molecule has 0 saturated carbocycles. The minimum Gasteiger partial charge on any atom is -0.393 e. The standard InChI is InChI=1S/C25H21N7/c26-22-24(31-20-12-6-10-19-11-7-15-28-23(19)20)29-17-30-25(22)32(21-13-4-5-14-27-21)16-18-8-2-1-3-9-18/h1-15,17H,16,26H2,(H,29,30,31). The van der Waals surface area contributed by atoms with Crippen LogP contribution in [-0.4, -0.2) is 19.9 Å². The first-order valence-electron chi connectivity index (χ1n) is 10.2. The summed E-state index contributed by atoms with van der Waals surface area (Å²) in [6, 6.07) is 25.8. The van der Waals surface area contributed by atoms with Crippen molar-refractivity contribution >= 4 is 39.7 Å². The van der Waals surface area contributed by atoms with E-state index in [1.165, 1.54) is 6.33 Å². The van der Waals surface area contributed by atoms with Crippen LogP contribution in [0.15, 0.2) is 97.6 Å². The maximum atomic E-state index is 6.59. The van der Waals surface area contributed by atoms with Crippen LogP contribution in [0.4, 0.5) is 28.8 Å². The third-order valence-electron chi connectivity index (χ3n) is 5.11. The highest BCUT2D eigenvalue weighted by molar-refractivity contribution is 5.93. The van der Waals surface area contributed by atoms with Crippen LogP contribution in [0.1, 0.15) is 5.56 Å². The Morgan fingerprint density at radius 1 is 0.750 bits per heavy atom. The van der Waals surface area contributed by atoms with Gasteiger partial charge >= 0.3 is 0 Å². The van der Waals surface area contributed by atoms with E-state index in [1.807, 2.05) is 71.6 Å². The highest BCUT2D eigenvalue weighted by Gasteiger charge is 2.19. The lowest BCUT2D eigenvalue weighted by molar-refractivity contribution is 0.918. The van der Waals surface area contributed by atoms with Crippen molar-refractivity contribution in [3.8, 4) is 0 Å². The van der Waals surface area contributed by atoms with Crippen molar-refractivity contribution in [2.75, 3.05) is 16.0 Å². The SMILES string of the molecule is Nc1c(Nc2cccc3cccnc23)ncnc1N(Cc1ccccc1)c1ccccn1. The van der Waals surface area contributed by atoms with E-state index in [9.17, 15) is 0 Å². The average Bonchev–Trinajstić information content (AvgIpc) is 2.85. The number of rotatable bonds is 6. The molecule has 3 heterocycles. The molecular formula is C25H21N7. The Bertz CT molecular complexity index is 1340. The van der Waals surface area contributed by atoms with Crippen molar-refractivity contribution in [3.05, 3.63) is 103 Å². The molecule has 3 aromatic heterocycles. The number of aromatic nitrogens is 4. The summed E-state index contributed by atoms with van der Waals surface area (Å²) in [5, 5.41) is 4.37. The summed E-state index contributed by atoms with van der Waals surface area (Å²) >= 11 is 0. The Labute approximate surface area is 185 Å². The number of pyridine rings is 2. The van der Waals surface area contributed by atoms with Crippen LogP contribution in [-0.2, 0) is 6.54 Å². The van der Waals surface area contributed by atoms with Gasteiger partial charge in [-0.15, -0.1) is 0 Å². The molecular weight excluding hydrogens is 398 g/mol. The van der Waals surface area contributed by atoms with Gasteiger partial charge in [-0.2, -0.15) is 0 Å². The number of benzene rings is 2. The molecule has 0 atom stereocenters. The summed E-state index contributed by atoms with van der Waals surface area (Å²) in [5.74, 6) is 1.85. The van der Waals surface area contributed by atoms with Gasteiger partial charge in [0.1, 0.15) is 17.8 Å². The van der Waals surface area contributed by atoms with Crippen molar-refractivity contribution in [3.63, 3.8) is 0 Å².